The molecule has 0 amide bonds. The third-order valence-corrected chi connectivity index (χ3v) is 6.17. The van der Waals surface area contributed by atoms with Crippen molar-refractivity contribution in [2.24, 2.45) is 0 Å². The molecule has 0 spiro atoms. The van der Waals surface area contributed by atoms with Crippen LogP contribution < -0.4 is 4.74 Å². The van der Waals surface area contributed by atoms with Crippen LogP contribution in [0.15, 0.2) is 76.1 Å². The Kier molecular flexibility index (Phi) is 5.41. The number of sulfonamides is 1. The molecular weight excluding hydrogens is 418 g/mol. The summed E-state index contributed by atoms with van der Waals surface area (Å²) in [5.41, 5.74) is 0. The number of hydrogen-bond acceptors (Lipinski definition) is 4. The lowest BCUT2D eigenvalue weighted by Gasteiger charge is -2.16. The van der Waals surface area contributed by atoms with Crippen molar-refractivity contribution in [2.75, 3.05) is 13.6 Å². The predicted octanol–water partition coefficient (Wildman–Crippen LogP) is 3.83. The Morgan fingerprint density at radius 2 is 1.65 bits per heavy atom. The first-order valence-electron chi connectivity index (χ1n) is 7.78. The van der Waals surface area contributed by atoms with Crippen LogP contribution in [0.3, 0.4) is 0 Å². The first kappa shape index (κ1) is 18.6. The van der Waals surface area contributed by atoms with Crippen LogP contribution in [-0.2, 0) is 14.8 Å². The molecule has 5 nitrogen and oxygen atoms in total. The van der Waals surface area contributed by atoms with Crippen LogP contribution in [0.1, 0.15) is 0 Å². The van der Waals surface area contributed by atoms with Gasteiger partial charge in [-0.05, 0) is 47.2 Å². The third-order valence-electron chi connectivity index (χ3n) is 3.83. The number of nitrogens with zero attached hydrogens (tertiary/aromatic N) is 1. The monoisotopic (exact) mass is 433 g/mol. The smallest absolute Gasteiger partial charge is 0.326 e. The Bertz CT molecular complexity index is 1050. The standard InChI is InChI=1S/C19H16BrNO4S/c1-21(26(23,24)18-10-7-16(20)8-11-18)13-19(22)25-17-9-6-14-4-2-3-5-15(14)12-17/h2-12H,13H2,1H3. The van der Waals surface area contributed by atoms with Gasteiger partial charge in [0.25, 0.3) is 0 Å². The van der Waals surface area contributed by atoms with Gasteiger partial charge in [-0.1, -0.05) is 46.3 Å². The normalized spacial score (nSPS) is 11.7. The number of rotatable bonds is 5. The molecule has 3 aromatic rings. The first-order chi connectivity index (χ1) is 12.4. The summed E-state index contributed by atoms with van der Waals surface area (Å²) < 4.78 is 32.1. The maximum Gasteiger partial charge on any atom is 0.326 e. The first-order valence-corrected chi connectivity index (χ1v) is 10.0. The second kappa shape index (κ2) is 7.57. The molecule has 0 aliphatic heterocycles. The Balaban J connectivity index is 1.71. The van der Waals surface area contributed by atoms with Crippen molar-refractivity contribution in [2.45, 2.75) is 4.90 Å². The van der Waals surface area contributed by atoms with Gasteiger partial charge in [0, 0.05) is 11.5 Å². The zero-order chi connectivity index (χ0) is 18.7. The summed E-state index contributed by atoms with van der Waals surface area (Å²) >= 11 is 3.26. The Morgan fingerprint density at radius 1 is 1.00 bits per heavy atom. The second-order valence-corrected chi connectivity index (χ2v) is 8.66. The molecule has 0 fully saturated rings. The van der Waals surface area contributed by atoms with E-state index in [1.54, 1.807) is 24.3 Å². The van der Waals surface area contributed by atoms with Crippen LogP contribution in [0.25, 0.3) is 10.8 Å². The molecule has 0 saturated carbocycles. The summed E-state index contributed by atoms with van der Waals surface area (Å²) in [6, 6.07) is 19.2. The van der Waals surface area contributed by atoms with E-state index in [-0.39, 0.29) is 11.4 Å². The van der Waals surface area contributed by atoms with Crippen molar-refractivity contribution in [1.29, 1.82) is 0 Å². The molecule has 26 heavy (non-hydrogen) atoms. The van der Waals surface area contributed by atoms with Crippen molar-refractivity contribution in [1.82, 2.24) is 4.31 Å². The van der Waals surface area contributed by atoms with Crippen molar-refractivity contribution >= 4 is 42.7 Å². The highest BCUT2D eigenvalue weighted by atomic mass is 79.9. The van der Waals surface area contributed by atoms with E-state index in [4.69, 9.17) is 4.74 Å². The summed E-state index contributed by atoms with van der Waals surface area (Å²) in [6.07, 6.45) is 0. The number of carbonyl (C=O) groups is 1. The molecular formula is C19H16BrNO4S. The van der Waals surface area contributed by atoms with E-state index < -0.39 is 16.0 Å². The fraction of sp³-hybridized carbons (Fsp3) is 0.105. The van der Waals surface area contributed by atoms with Gasteiger partial charge in [0.2, 0.25) is 10.0 Å². The van der Waals surface area contributed by atoms with Crippen LogP contribution in [0.4, 0.5) is 0 Å². The van der Waals surface area contributed by atoms with E-state index in [0.29, 0.717) is 5.75 Å². The van der Waals surface area contributed by atoms with E-state index in [0.717, 1.165) is 19.6 Å². The van der Waals surface area contributed by atoms with Gasteiger partial charge in [-0.3, -0.25) is 4.79 Å². The number of hydrogen-bond donors (Lipinski definition) is 0. The summed E-state index contributed by atoms with van der Waals surface area (Å²) in [7, 11) is -2.42. The quantitative estimate of drug-likeness (QED) is 0.453. The number of benzene rings is 3. The number of ether oxygens (including phenoxy) is 1. The summed E-state index contributed by atoms with van der Waals surface area (Å²) in [6.45, 7) is -0.384. The zero-order valence-electron chi connectivity index (χ0n) is 13.9. The Morgan fingerprint density at radius 3 is 2.35 bits per heavy atom. The predicted molar refractivity (Wildman–Crippen MR) is 104 cm³/mol. The number of likely N-dealkylation sites (N-methyl/N-ethyl adjacent to an activating group) is 1. The number of halogens is 1. The maximum atomic E-state index is 12.5. The minimum atomic E-state index is -3.77. The van der Waals surface area contributed by atoms with Gasteiger partial charge in [0.1, 0.15) is 12.3 Å². The number of fused-ring (bicyclic) bond motifs is 1. The molecule has 0 aliphatic carbocycles. The van der Waals surface area contributed by atoms with Crippen molar-refractivity contribution < 1.29 is 17.9 Å². The Hall–Kier alpha value is -2.22. The van der Waals surface area contributed by atoms with Gasteiger partial charge in [0.05, 0.1) is 4.90 Å². The van der Waals surface area contributed by atoms with Crippen LogP contribution in [0.2, 0.25) is 0 Å². The molecule has 0 saturated heterocycles. The molecule has 0 bridgehead atoms. The molecule has 7 heteroatoms. The van der Waals surface area contributed by atoms with E-state index in [9.17, 15) is 13.2 Å². The van der Waals surface area contributed by atoms with Crippen LogP contribution in [-0.4, -0.2) is 32.3 Å². The van der Waals surface area contributed by atoms with Gasteiger partial charge in [-0.25, -0.2) is 8.42 Å². The molecule has 0 aliphatic rings. The summed E-state index contributed by atoms with van der Waals surface area (Å²) in [5.74, 6) is -0.272. The molecule has 3 aromatic carbocycles. The average molecular weight is 434 g/mol. The van der Waals surface area contributed by atoms with E-state index >= 15 is 0 Å². The number of carbonyl (C=O) groups excluding carboxylic acids is 1. The zero-order valence-corrected chi connectivity index (χ0v) is 16.3. The van der Waals surface area contributed by atoms with Crippen molar-refractivity contribution in [3.05, 3.63) is 71.2 Å². The highest BCUT2D eigenvalue weighted by molar-refractivity contribution is 9.10. The van der Waals surface area contributed by atoms with Gasteiger partial charge in [0.15, 0.2) is 0 Å². The van der Waals surface area contributed by atoms with Crippen LogP contribution >= 0.6 is 15.9 Å². The van der Waals surface area contributed by atoms with Gasteiger partial charge < -0.3 is 4.74 Å². The largest absolute Gasteiger partial charge is 0.426 e. The highest BCUT2D eigenvalue weighted by Gasteiger charge is 2.23. The molecule has 0 atom stereocenters. The average Bonchev–Trinajstić information content (AvgIpc) is 2.61. The lowest BCUT2D eigenvalue weighted by molar-refractivity contribution is -0.134. The minimum Gasteiger partial charge on any atom is -0.426 e. The van der Waals surface area contributed by atoms with Crippen molar-refractivity contribution in [3.63, 3.8) is 0 Å². The summed E-state index contributed by atoms with van der Waals surface area (Å²) in [5, 5.41) is 1.97. The SMILES string of the molecule is CN(CC(=O)Oc1ccc2ccccc2c1)S(=O)(=O)c1ccc(Br)cc1. The van der Waals surface area contributed by atoms with E-state index in [1.165, 1.54) is 19.2 Å². The molecule has 0 unspecified atom stereocenters. The molecule has 0 aromatic heterocycles. The van der Waals surface area contributed by atoms with E-state index in [2.05, 4.69) is 15.9 Å². The van der Waals surface area contributed by atoms with Gasteiger partial charge in [-0.15, -0.1) is 0 Å². The lowest BCUT2D eigenvalue weighted by Crippen LogP contribution is -2.34. The lowest BCUT2D eigenvalue weighted by atomic mass is 10.1. The fourth-order valence-corrected chi connectivity index (χ4v) is 3.83. The molecule has 134 valence electrons. The topological polar surface area (TPSA) is 63.7 Å². The van der Waals surface area contributed by atoms with Crippen molar-refractivity contribution in [3.8, 4) is 5.75 Å². The van der Waals surface area contributed by atoms with Gasteiger partial charge >= 0.3 is 5.97 Å². The van der Waals surface area contributed by atoms with Crippen LogP contribution in [0.5, 0.6) is 5.75 Å². The molecule has 3 rings (SSSR count). The maximum absolute atomic E-state index is 12.5. The molecule has 0 radical (unpaired) electrons. The Labute approximate surface area is 160 Å². The second-order valence-electron chi connectivity index (χ2n) is 5.70. The third kappa shape index (κ3) is 4.12. The molecule has 0 N–H and O–H groups in total. The highest BCUT2D eigenvalue weighted by Crippen LogP contribution is 2.21. The summed E-state index contributed by atoms with van der Waals surface area (Å²) in [4.78, 5) is 12.3. The van der Waals surface area contributed by atoms with Gasteiger partial charge in [-0.2, -0.15) is 4.31 Å². The van der Waals surface area contributed by atoms with Crippen LogP contribution in [0, 0.1) is 0 Å². The minimum absolute atomic E-state index is 0.113. The number of esters is 1. The molecule has 0 heterocycles. The van der Waals surface area contributed by atoms with E-state index in [1.807, 2.05) is 30.3 Å². The fourth-order valence-electron chi connectivity index (χ4n) is 2.45.